The van der Waals surface area contributed by atoms with Crippen LogP contribution in [0.4, 0.5) is 0 Å². The Morgan fingerprint density at radius 2 is 1.72 bits per heavy atom. The van der Waals surface area contributed by atoms with Crippen molar-refractivity contribution < 1.29 is 0 Å². The summed E-state index contributed by atoms with van der Waals surface area (Å²) in [6.45, 7) is 12.2. The molecule has 1 rings (SSSR count). The highest BCUT2D eigenvalue weighted by Crippen LogP contribution is 2.23. The second-order valence-corrected chi connectivity index (χ2v) is 6.28. The molecule has 0 saturated carbocycles. The van der Waals surface area contributed by atoms with Crippen LogP contribution in [0, 0.1) is 5.92 Å². The van der Waals surface area contributed by atoms with Gasteiger partial charge in [-0.2, -0.15) is 0 Å². The summed E-state index contributed by atoms with van der Waals surface area (Å²) in [4.78, 5) is 0. The average molecular weight is 245 g/mol. The lowest BCUT2D eigenvalue weighted by Crippen LogP contribution is -2.14. The molecule has 0 aliphatic rings. The minimum absolute atomic E-state index is 0.230. The van der Waals surface area contributed by atoms with Crippen LogP contribution in [-0.4, -0.2) is 13.6 Å². The van der Waals surface area contributed by atoms with E-state index in [9.17, 15) is 0 Å². The molecule has 1 N–H and O–H groups in total. The SMILES string of the molecule is CNCC(=Cc1ccc(C(C)(C)C)cc1)C(C)C. The molecule has 100 valence electrons. The summed E-state index contributed by atoms with van der Waals surface area (Å²) in [7, 11) is 2.00. The number of hydrogen-bond donors (Lipinski definition) is 1. The lowest BCUT2D eigenvalue weighted by atomic mass is 9.86. The first-order valence-electron chi connectivity index (χ1n) is 6.80. The van der Waals surface area contributed by atoms with Gasteiger partial charge in [-0.25, -0.2) is 0 Å². The van der Waals surface area contributed by atoms with E-state index >= 15 is 0 Å². The van der Waals surface area contributed by atoms with Gasteiger partial charge in [0, 0.05) is 6.54 Å². The Kier molecular flexibility index (Phi) is 5.15. The minimum Gasteiger partial charge on any atom is -0.316 e. The van der Waals surface area contributed by atoms with Crippen molar-refractivity contribution in [1.29, 1.82) is 0 Å². The summed E-state index contributed by atoms with van der Waals surface area (Å²) in [5.74, 6) is 0.583. The van der Waals surface area contributed by atoms with E-state index < -0.39 is 0 Å². The summed E-state index contributed by atoms with van der Waals surface area (Å²) in [5, 5.41) is 3.24. The molecule has 0 atom stereocenters. The molecule has 1 aromatic rings. The van der Waals surface area contributed by atoms with Gasteiger partial charge < -0.3 is 5.32 Å². The average Bonchev–Trinajstić information content (AvgIpc) is 2.28. The van der Waals surface area contributed by atoms with Gasteiger partial charge in [0.15, 0.2) is 0 Å². The molecule has 0 bridgehead atoms. The van der Waals surface area contributed by atoms with Crippen molar-refractivity contribution in [2.45, 2.75) is 40.0 Å². The third-order valence-corrected chi connectivity index (χ3v) is 3.25. The van der Waals surface area contributed by atoms with E-state index in [4.69, 9.17) is 0 Å². The van der Waals surface area contributed by atoms with Gasteiger partial charge in [0.05, 0.1) is 0 Å². The van der Waals surface area contributed by atoms with Crippen LogP contribution in [0.5, 0.6) is 0 Å². The number of hydrogen-bond acceptors (Lipinski definition) is 1. The van der Waals surface area contributed by atoms with Gasteiger partial charge in [0.25, 0.3) is 0 Å². The van der Waals surface area contributed by atoms with Crippen molar-refractivity contribution in [1.82, 2.24) is 5.32 Å². The topological polar surface area (TPSA) is 12.0 Å². The highest BCUT2D eigenvalue weighted by Gasteiger charge is 2.12. The summed E-state index contributed by atoms with van der Waals surface area (Å²) in [5.41, 5.74) is 4.36. The summed E-state index contributed by atoms with van der Waals surface area (Å²) < 4.78 is 0. The normalized spacial score (nSPS) is 13.2. The minimum atomic E-state index is 0.230. The molecule has 0 heterocycles. The van der Waals surface area contributed by atoms with E-state index in [0.29, 0.717) is 5.92 Å². The van der Waals surface area contributed by atoms with E-state index in [1.165, 1.54) is 16.7 Å². The highest BCUT2D eigenvalue weighted by molar-refractivity contribution is 5.54. The Labute approximate surface area is 112 Å². The van der Waals surface area contributed by atoms with Crippen molar-refractivity contribution in [3.05, 3.63) is 41.0 Å². The van der Waals surface area contributed by atoms with Crippen LogP contribution in [-0.2, 0) is 5.41 Å². The molecular formula is C17H27N. The van der Waals surface area contributed by atoms with Crippen LogP contribution in [0.3, 0.4) is 0 Å². The van der Waals surface area contributed by atoms with E-state index in [1.807, 2.05) is 7.05 Å². The standard InChI is InChI=1S/C17H27N/c1-13(2)15(12-18-6)11-14-7-9-16(10-8-14)17(3,4)5/h7-11,13,18H,12H2,1-6H3. The van der Waals surface area contributed by atoms with Gasteiger partial charge >= 0.3 is 0 Å². The van der Waals surface area contributed by atoms with Crippen LogP contribution in [0.25, 0.3) is 6.08 Å². The Hall–Kier alpha value is -1.08. The zero-order valence-corrected chi connectivity index (χ0v) is 12.7. The monoisotopic (exact) mass is 245 g/mol. The molecule has 18 heavy (non-hydrogen) atoms. The maximum absolute atomic E-state index is 3.24. The molecule has 0 unspecified atom stereocenters. The second-order valence-electron chi connectivity index (χ2n) is 6.28. The summed E-state index contributed by atoms with van der Waals surface area (Å²) in [6.07, 6.45) is 2.30. The number of benzene rings is 1. The lowest BCUT2D eigenvalue weighted by molar-refractivity contribution is 0.590. The first-order chi connectivity index (χ1) is 8.34. The van der Waals surface area contributed by atoms with Gasteiger partial charge in [-0.1, -0.05) is 70.5 Å². The molecule has 0 saturated heterocycles. The van der Waals surface area contributed by atoms with Gasteiger partial charge in [-0.3, -0.25) is 0 Å². The maximum Gasteiger partial charge on any atom is 0.0167 e. The quantitative estimate of drug-likeness (QED) is 0.836. The third kappa shape index (κ3) is 4.30. The molecular weight excluding hydrogens is 218 g/mol. The fourth-order valence-corrected chi connectivity index (χ4v) is 1.92. The smallest absolute Gasteiger partial charge is 0.0167 e. The zero-order valence-electron chi connectivity index (χ0n) is 12.7. The van der Waals surface area contributed by atoms with Crippen molar-refractivity contribution in [3.63, 3.8) is 0 Å². The van der Waals surface area contributed by atoms with Gasteiger partial charge in [-0.05, 0) is 29.5 Å². The van der Waals surface area contributed by atoms with Crippen LogP contribution in [0.2, 0.25) is 0 Å². The second kappa shape index (κ2) is 6.19. The van der Waals surface area contributed by atoms with E-state index in [0.717, 1.165) is 6.54 Å². The fraction of sp³-hybridized carbons (Fsp3) is 0.529. The van der Waals surface area contributed by atoms with Gasteiger partial charge in [0.2, 0.25) is 0 Å². The number of likely N-dealkylation sites (N-methyl/N-ethyl adjacent to an activating group) is 1. The third-order valence-electron chi connectivity index (χ3n) is 3.25. The molecule has 1 nitrogen and oxygen atoms in total. The molecule has 0 amide bonds. The van der Waals surface area contributed by atoms with Crippen molar-refractivity contribution >= 4 is 6.08 Å². The largest absolute Gasteiger partial charge is 0.316 e. The van der Waals surface area contributed by atoms with Crippen LogP contribution < -0.4 is 5.32 Å². The van der Waals surface area contributed by atoms with Gasteiger partial charge in [-0.15, -0.1) is 0 Å². The van der Waals surface area contributed by atoms with Gasteiger partial charge in [0.1, 0.15) is 0 Å². The Bertz CT molecular complexity index is 391. The van der Waals surface area contributed by atoms with Crippen LogP contribution in [0.15, 0.2) is 29.8 Å². The highest BCUT2D eigenvalue weighted by atomic mass is 14.8. The molecule has 0 spiro atoms. The lowest BCUT2D eigenvalue weighted by Gasteiger charge is -2.19. The predicted molar refractivity (Wildman–Crippen MR) is 81.9 cm³/mol. The van der Waals surface area contributed by atoms with Crippen molar-refractivity contribution in [2.75, 3.05) is 13.6 Å². The Balaban J connectivity index is 2.94. The molecule has 0 aliphatic carbocycles. The van der Waals surface area contributed by atoms with Crippen LogP contribution >= 0.6 is 0 Å². The van der Waals surface area contributed by atoms with Crippen LogP contribution in [0.1, 0.15) is 45.7 Å². The molecule has 0 aliphatic heterocycles. The van der Waals surface area contributed by atoms with E-state index in [-0.39, 0.29) is 5.41 Å². The number of rotatable bonds is 4. The number of nitrogens with one attached hydrogen (secondary N) is 1. The van der Waals surface area contributed by atoms with E-state index in [1.54, 1.807) is 0 Å². The molecule has 0 aromatic heterocycles. The van der Waals surface area contributed by atoms with Crippen molar-refractivity contribution in [2.24, 2.45) is 5.92 Å². The predicted octanol–water partition coefficient (Wildman–Crippen LogP) is 4.24. The summed E-state index contributed by atoms with van der Waals surface area (Å²) >= 11 is 0. The molecule has 0 radical (unpaired) electrons. The molecule has 0 fully saturated rings. The van der Waals surface area contributed by atoms with Crippen molar-refractivity contribution in [3.8, 4) is 0 Å². The molecule has 1 heteroatoms. The Morgan fingerprint density at radius 3 is 2.11 bits per heavy atom. The first-order valence-corrected chi connectivity index (χ1v) is 6.80. The fourth-order valence-electron chi connectivity index (χ4n) is 1.92. The Morgan fingerprint density at radius 1 is 1.17 bits per heavy atom. The summed E-state index contributed by atoms with van der Waals surface area (Å²) in [6, 6.07) is 8.92. The van der Waals surface area contributed by atoms with E-state index in [2.05, 4.69) is 70.3 Å². The maximum atomic E-state index is 3.24. The molecule has 1 aromatic carbocycles. The first kappa shape index (κ1) is 15.0. The zero-order chi connectivity index (χ0) is 13.8.